The van der Waals surface area contributed by atoms with Gasteiger partial charge in [0.25, 0.3) is 11.8 Å². The first-order chi connectivity index (χ1) is 36.6. The Kier molecular flexibility index (Phi) is 17.1. The first-order valence-corrected chi connectivity index (χ1v) is 23.5. The van der Waals surface area contributed by atoms with Crippen molar-refractivity contribution in [1.29, 1.82) is 0 Å². The third-order valence-corrected chi connectivity index (χ3v) is 12.5. The molecule has 3 amide bonds. The van der Waals surface area contributed by atoms with Crippen LogP contribution in [0.2, 0.25) is 0 Å². The van der Waals surface area contributed by atoms with E-state index in [-0.39, 0.29) is 22.3 Å². The molecule has 4 atom stereocenters. The number of hydrogen-bond acceptors (Lipinski definition) is 6. The maximum atomic E-state index is 18.5. The molecule has 1 aliphatic heterocycles. The van der Waals surface area contributed by atoms with Crippen LogP contribution >= 0.6 is 0 Å². The zero-order valence-electron chi connectivity index (χ0n) is 41.0. The van der Waals surface area contributed by atoms with Crippen molar-refractivity contribution in [2.24, 2.45) is 5.41 Å². The highest BCUT2D eigenvalue weighted by Gasteiger charge is 2.59. The summed E-state index contributed by atoms with van der Waals surface area (Å²) in [5.74, 6) is -14.8. The quantitative estimate of drug-likeness (QED) is 0.0484. The summed E-state index contributed by atoms with van der Waals surface area (Å²) >= 11 is 0. The number of alkyl halides is 8. The smallest absolute Gasteiger partial charge is 0.444 e. The molecular weight excluding hydrogens is 1060 g/mol. The number of halogens is 14. The van der Waals surface area contributed by atoms with Crippen LogP contribution in [0.1, 0.15) is 84.5 Å². The minimum atomic E-state index is -5.22. The SMILES string of the molecule is CC(C)(C)OC(=O)N1CCC(C(=O)N(F)C(c2ccccc2)C(c2ccc(F)cc2)c2cc(F)cc(OC(F)(F)C(F)F)c2)(C(=O)N(F)C(c2ccccc2)C(c2ccc(F)cc2)c2cc(F)cc(OC(F)(F)C(F)F)c2)C1. The van der Waals surface area contributed by atoms with Gasteiger partial charge in [-0.15, -0.1) is 0 Å². The van der Waals surface area contributed by atoms with Crippen LogP contribution in [0.5, 0.6) is 11.5 Å². The standard InChI is InChI=1S/C55H45F14N3O6/c1-52(2,3)78-51(75)70-23-22-53(30-70,49(73)71(68)45(33-10-6-4-7-11-33)43(31-14-18-37(56)19-15-31)35-24-39(58)28-41(26-35)76-54(64,65)47(60)61)50(74)72(69)46(34-12-8-5-9-13-34)44(32-16-20-38(57)21-17-32)36-25-40(59)29-42(27-36)77-55(66,67)48(62)63/h4-21,24-29,43-48H,22-23,30H2,1-3H3. The molecule has 1 fully saturated rings. The minimum absolute atomic E-state index is 0.205. The Labute approximate surface area is 436 Å². The summed E-state index contributed by atoms with van der Waals surface area (Å²) in [6, 6.07) is 19.1. The Bertz CT molecular complexity index is 2880. The predicted molar refractivity (Wildman–Crippen MR) is 252 cm³/mol. The molecule has 9 nitrogen and oxygen atoms in total. The van der Waals surface area contributed by atoms with Crippen molar-refractivity contribution in [2.75, 3.05) is 13.1 Å². The van der Waals surface area contributed by atoms with E-state index in [4.69, 9.17) is 4.74 Å². The number of carbonyl (C=O) groups is 3. The van der Waals surface area contributed by atoms with Gasteiger partial charge in [-0.1, -0.05) is 93.9 Å². The van der Waals surface area contributed by atoms with Crippen LogP contribution in [0.4, 0.5) is 66.4 Å². The molecule has 414 valence electrons. The van der Waals surface area contributed by atoms with Crippen molar-refractivity contribution in [2.45, 2.75) is 81.8 Å². The predicted octanol–water partition coefficient (Wildman–Crippen LogP) is 14.2. The number of benzene rings is 6. The topological polar surface area (TPSA) is 88.6 Å². The average molecular weight is 1110 g/mol. The molecule has 1 heterocycles. The van der Waals surface area contributed by atoms with Crippen molar-refractivity contribution in [3.63, 3.8) is 0 Å². The third-order valence-electron chi connectivity index (χ3n) is 12.5. The number of ether oxygens (including phenoxy) is 3. The van der Waals surface area contributed by atoms with Crippen LogP contribution in [-0.2, 0) is 14.3 Å². The van der Waals surface area contributed by atoms with Crippen LogP contribution in [0.25, 0.3) is 0 Å². The highest BCUT2D eigenvalue weighted by molar-refractivity contribution is 6.06. The van der Waals surface area contributed by atoms with Crippen molar-refractivity contribution in [3.8, 4) is 11.5 Å². The first kappa shape index (κ1) is 57.8. The summed E-state index contributed by atoms with van der Waals surface area (Å²) in [4.78, 5) is 45.9. The molecule has 0 spiro atoms. The molecule has 1 saturated heterocycles. The molecule has 0 radical (unpaired) electrons. The van der Waals surface area contributed by atoms with Crippen molar-refractivity contribution in [1.82, 2.24) is 15.1 Å². The first-order valence-electron chi connectivity index (χ1n) is 23.5. The average Bonchev–Trinajstić information content (AvgIpc) is 3.95. The van der Waals surface area contributed by atoms with E-state index in [2.05, 4.69) is 9.47 Å². The summed E-state index contributed by atoms with van der Waals surface area (Å²) < 4.78 is 222. The minimum Gasteiger partial charge on any atom is -0.444 e. The molecule has 0 saturated carbocycles. The number of rotatable bonds is 18. The maximum Gasteiger partial charge on any atom is 0.461 e. The molecule has 0 aromatic heterocycles. The van der Waals surface area contributed by atoms with Crippen LogP contribution < -0.4 is 9.47 Å². The van der Waals surface area contributed by atoms with Gasteiger partial charge in [0.05, 0.1) is 0 Å². The van der Waals surface area contributed by atoms with Crippen molar-refractivity contribution in [3.05, 3.63) is 202 Å². The number of nitrogens with zero attached hydrogens (tertiary/aromatic N) is 3. The van der Waals surface area contributed by atoms with Gasteiger partial charge in [0.15, 0.2) is 5.41 Å². The lowest BCUT2D eigenvalue weighted by molar-refractivity contribution is -0.253. The number of carbonyl (C=O) groups excluding carboxylic acids is 3. The summed E-state index contributed by atoms with van der Waals surface area (Å²) in [6.45, 7) is 2.52. The molecule has 23 heteroatoms. The molecule has 0 bridgehead atoms. The summed E-state index contributed by atoms with van der Waals surface area (Å²) in [6.07, 6.45) is -21.5. The van der Waals surface area contributed by atoms with Crippen molar-refractivity contribution >= 4 is 17.9 Å². The molecule has 0 aliphatic carbocycles. The molecule has 78 heavy (non-hydrogen) atoms. The van der Waals surface area contributed by atoms with Gasteiger partial charge in [-0.05, 0) is 109 Å². The Morgan fingerprint density at radius 1 is 0.513 bits per heavy atom. The zero-order valence-corrected chi connectivity index (χ0v) is 41.0. The lowest BCUT2D eigenvalue weighted by Gasteiger charge is -2.39. The highest BCUT2D eigenvalue weighted by Crippen LogP contribution is 2.50. The Morgan fingerprint density at radius 3 is 1.23 bits per heavy atom. The Hall–Kier alpha value is -7.85. The normalized spacial score (nSPS) is 16.6. The maximum absolute atomic E-state index is 18.5. The van der Waals surface area contributed by atoms with E-state index in [0.717, 1.165) is 53.4 Å². The lowest BCUT2D eigenvalue weighted by Crippen LogP contribution is -2.54. The van der Waals surface area contributed by atoms with Gasteiger partial charge in [-0.3, -0.25) is 9.59 Å². The van der Waals surface area contributed by atoms with Gasteiger partial charge in [-0.2, -0.15) is 45.4 Å². The molecular formula is C55H45F14N3O6. The number of hydrogen-bond donors (Lipinski definition) is 0. The monoisotopic (exact) mass is 1110 g/mol. The summed E-state index contributed by atoms with van der Waals surface area (Å²) in [5.41, 5.74) is -6.40. The van der Waals surface area contributed by atoms with E-state index in [1.54, 1.807) is 0 Å². The second kappa shape index (κ2) is 23.0. The van der Waals surface area contributed by atoms with Crippen molar-refractivity contribution < 1.29 is 90.2 Å². The number of likely N-dealkylation sites (tertiary alicyclic amines) is 1. The largest absolute Gasteiger partial charge is 0.461 e. The van der Waals surface area contributed by atoms with Crippen LogP contribution in [0, 0.1) is 28.7 Å². The van der Waals surface area contributed by atoms with Gasteiger partial charge >= 0.3 is 31.2 Å². The van der Waals surface area contributed by atoms with Crippen LogP contribution in [0.3, 0.4) is 0 Å². The molecule has 7 rings (SSSR count). The van der Waals surface area contributed by atoms with E-state index < -0.39 is 154 Å². The highest BCUT2D eigenvalue weighted by atomic mass is 19.3. The zero-order chi connectivity index (χ0) is 57.1. The molecule has 1 aliphatic rings. The van der Waals surface area contributed by atoms with Crippen LogP contribution in [-0.4, -0.2) is 76.8 Å². The van der Waals surface area contributed by atoms with Gasteiger partial charge in [-0.25, -0.2) is 22.4 Å². The molecule has 0 N–H and O–H groups in total. The van der Waals surface area contributed by atoms with Gasteiger partial charge < -0.3 is 19.1 Å². The molecule has 6 aromatic rings. The third kappa shape index (κ3) is 12.9. The van der Waals surface area contributed by atoms with E-state index in [9.17, 15) is 48.7 Å². The second-order valence-electron chi connectivity index (χ2n) is 19.1. The fourth-order valence-corrected chi connectivity index (χ4v) is 9.11. The molecule has 4 unspecified atom stereocenters. The lowest BCUT2D eigenvalue weighted by atomic mass is 9.78. The number of amides is 3. The van der Waals surface area contributed by atoms with E-state index in [1.807, 2.05) is 0 Å². The summed E-state index contributed by atoms with van der Waals surface area (Å²) in [7, 11) is 0. The van der Waals surface area contributed by atoms with Crippen LogP contribution in [0.15, 0.2) is 146 Å². The fourth-order valence-electron chi connectivity index (χ4n) is 9.11. The van der Waals surface area contributed by atoms with Gasteiger partial charge in [0, 0.05) is 37.1 Å². The van der Waals surface area contributed by atoms with E-state index in [1.165, 1.54) is 81.4 Å². The van der Waals surface area contributed by atoms with Gasteiger partial charge in [0.2, 0.25) is 0 Å². The van der Waals surface area contributed by atoms with Gasteiger partial charge in [0.1, 0.15) is 52.5 Å². The Morgan fingerprint density at radius 2 is 0.885 bits per heavy atom. The van der Waals surface area contributed by atoms with E-state index in [0.29, 0.717) is 36.4 Å². The summed E-state index contributed by atoms with van der Waals surface area (Å²) in [5, 5.41) is -1.16. The second-order valence-corrected chi connectivity index (χ2v) is 19.1. The Balaban J connectivity index is 1.44. The van der Waals surface area contributed by atoms with E-state index >= 15 is 27.3 Å². The molecule has 6 aromatic carbocycles. The fraction of sp³-hybridized carbons (Fsp3) is 0.291.